The fraction of sp³-hybridized carbons (Fsp3) is 0. The van der Waals surface area contributed by atoms with Gasteiger partial charge in [0.1, 0.15) is 12.0 Å². The molecule has 2 aromatic rings. The van der Waals surface area contributed by atoms with E-state index in [-0.39, 0.29) is 28.4 Å². The van der Waals surface area contributed by atoms with Crippen LogP contribution in [0.5, 0.6) is 0 Å². The molecule has 3 rings (SSSR count). The Labute approximate surface area is 82.6 Å². The van der Waals surface area contributed by atoms with E-state index in [4.69, 9.17) is 0 Å². The lowest BCUT2D eigenvalue weighted by atomic mass is 9.96. The molecule has 15 heavy (non-hydrogen) atoms. The van der Waals surface area contributed by atoms with Crippen LogP contribution in [-0.2, 0) is 0 Å². The number of nitrogens with zero attached hydrogens (tertiary/aromatic N) is 4. The maximum Gasteiger partial charge on any atom is 0.234 e. The summed E-state index contributed by atoms with van der Waals surface area (Å²) >= 11 is 0. The lowest BCUT2D eigenvalue weighted by Crippen LogP contribution is -2.22. The Kier molecular flexibility index (Phi) is 1.34. The van der Waals surface area contributed by atoms with Crippen LogP contribution in [-0.4, -0.2) is 36.9 Å². The zero-order valence-corrected chi connectivity index (χ0v) is 7.26. The van der Waals surface area contributed by atoms with E-state index in [1.807, 2.05) is 0 Å². The van der Waals surface area contributed by atoms with Crippen LogP contribution in [0.3, 0.4) is 0 Å². The van der Waals surface area contributed by atoms with Gasteiger partial charge in [-0.25, -0.2) is 9.97 Å². The van der Waals surface area contributed by atoms with Gasteiger partial charge in [-0.3, -0.25) is 9.59 Å². The van der Waals surface area contributed by atoms with Crippen LogP contribution in [0.2, 0.25) is 0 Å². The number of hydrogen-bond donors (Lipinski definition) is 1. The van der Waals surface area contributed by atoms with Crippen LogP contribution in [0.25, 0.3) is 0 Å². The smallest absolute Gasteiger partial charge is 0.234 e. The Morgan fingerprint density at radius 3 is 2.53 bits per heavy atom. The molecule has 2 aromatic heterocycles. The lowest BCUT2D eigenvalue weighted by Gasteiger charge is -2.08. The summed E-state index contributed by atoms with van der Waals surface area (Å²) in [5.41, 5.74) is 0.300. The zero-order valence-electron chi connectivity index (χ0n) is 7.26. The number of rotatable bonds is 0. The van der Waals surface area contributed by atoms with Crippen molar-refractivity contribution < 1.29 is 9.59 Å². The van der Waals surface area contributed by atoms with Crippen molar-refractivity contribution in [2.75, 3.05) is 0 Å². The maximum absolute atomic E-state index is 11.8. The molecule has 0 fully saturated rings. The molecule has 0 amide bonds. The zero-order chi connectivity index (χ0) is 10.4. The molecule has 0 atom stereocenters. The van der Waals surface area contributed by atoms with Crippen molar-refractivity contribution in [1.82, 2.24) is 25.4 Å². The first kappa shape index (κ1) is 7.92. The van der Waals surface area contributed by atoms with E-state index in [9.17, 15) is 9.59 Å². The number of nitrogens with one attached hydrogen (secondary N) is 1. The Morgan fingerprint density at radius 1 is 1.00 bits per heavy atom. The van der Waals surface area contributed by atoms with Crippen molar-refractivity contribution in [1.29, 1.82) is 0 Å². The molecule has 1 aliphatic carbocycles. The summed E-state index contributed by atoms with van der Waals surface area (Å²) in [6.07, 6.45) is 2.52. The summed E-state index contributed by atoms with van der Waals surface area (Å²) in [4.78, 5) is 31.0. The number of H-pyrrole nitrogens is 1. The number of hydrogen-bond acceptors (Lipinski definition) is 6. The Hall–Kier alpha value is -2.44. The van der Waals surface area contributed by atoms with Crippen molar-refractivity contribution in [3.05, 3.63) is 35.2 Å². The fourth-order valence-electron chi connectivity index (χ4n) is 1.46. The van der Waals surface area contributed by atoms with Gasteiger partial charge >= 0.3 is 0 Å². The van der Waals surface area contributed by atoms with Gasteiger partial charge < -0.3 is 0 Å². The molecule has 1 N–H and O–H groups in total. The summed E-state index contributed by atoms with van der Waals surface area (Å²) in [7, 11) is 0. The van der Waals surface area contributed by atoms with Crippen molar-refractivity contribution in [3.8, 4) is 0 Å². The van der Waals surface area contributed by atoms with Crippen molar-refractivity contribution in [2.45, 2.75) is 0 Å². The largest absolute Gasteiger partial charge is 0.287 e. The minimum absolute atomic E-state index is 0.0196. The van der Waals surface area contributed by atoms with Gasteiger partial charge in [0.25, 0.3) is 0 Å². The molecule has 0 saturated heterocycles. The van der Waals surface area contributed by atoms with Gasteiger partial charge in [-0.2, -0.15) is 15.4 Å². The van der Waals surface area contributed by atoms with Crippen LogP contribution in [0, 0.1) is 0 Å². The molecule has 2 heterocycles. The highest BCUT2D eigenvalue weighted by Gasteiger charge is 2.34. The van der Waals surface area contributed by atoms with Gasteiger partial charge in [0.05, 0.1) is 5.56 Å². The average molecular weight is 201 g/mol. The number of ketones is 2. The molecule has 0 unspecified atom stereocenters. The summed E-state index contributed by atoms with van der Waals surface area (Å²) in [6.45, 7) is 0. The molecule has 0 aliphatic heterocycles. The van der Waals surface area contributed by atoms with Gasteiger partial charge in [-0.1, -0.05) is 0 Å². The van der Waals surface area contributed by atoms with E-state index in [1.165, 1.54) is 12.5 Å². The molecular formula is C8H3N5O2. The molecule has 1 aliphatic rings. The minimum atomic E-state index is -0.407. The first-order chi connectivity index (χ1) is 7.29. The van der Waals surface area contributed by atoms with Crippen molar-refractivity contribution >= 4 is 11.6 Å². The number of carbonyl (C=O) groups is 2. The molecule has 0 spiro atoms. The summed E-state index contributed by atoms with van der Waals surface area (Å²) < 4.78 is 0. The minimum Gasteiger partial charge on any atom is -0.287 e. The van der Waals surface area contributed by atoms with Gasteiger partial charge in [0.2, 0.25) is 11.6 Å². The lowest BCUT2D eigenvalue weighted by molar-refractivity contribution is 0.0970. The van der Waals surface area contributed by atoms with Crippen molar-refractivity contribution in [2.24, 2.45) is 0 Å². The Bertz CT molecular complexity index is 539. The SMILES string of the molecule is O=C1c2cncnc2C(=O)c2n[nH]nc21. The van der Waals surface area contributed by atoms with Crippen LogP contribution in [0.1, 0.15) is 32.2 Å². The maximum atomic E-state index is 11.8. The summed E-state index contributed by atoms with van der Waals surface area (Å²) in [6, 6.07) is 0. The van der Waals surface area contributed by atoms with Crippen LogP contribution in [0.15, 0.2) is 12.5 Å². The van der Waals surface area contributed by atoms with Crippen LogP contribution >= 0.6 is 0 Å². The summed E-state index contributed by atoms with van der Waals surface area (Å²) in [5.74, 6) is -0.787. The van der Waals surface area contributed by atoms with Gasteiger partial charge in [-0.15, -0.1) is 0 Å². The highest BCUT2D eigenvalue weighted by Crippen LogP contribution is 2.21. The quantitative estimate of drug-likeness (QED) is 0.519. The number of aromatic amines is 1. The number of fused-ring (bicyclic) bond motifs is 2. The first-order valence-corrected chi connectivity index (χ1v) is 4.09. The van der Waals surface area contributed by atoms with E-state index in [0.717, 1.165) is 0 Å². The fourth-order valence-corrected chi connectivity index (χ4v) is 1.46. The average Bonchev–Trinajstić information content (AvgIpc) is 2.75. The molecule has 7 heteroatoms. The standard InChI is InChI=1S/C8H3N5O2/c14-7-3-1-9-2-10-4(3)8(15)6-5(7)11-13-12-6/h1-2H,(H,11,12,13). The van der Waals surface area contributed by atoms with Crippen LogP contribution < -0.4 is 0 Å². The molecule has 0 bridgehead atoms. The number of carbonyl (C=O) groups excluding carboxylic acids is 2. The monoisotopic (exact) mass is 201 g/mol. The molecule has 72 valence electrons. The first-order valence-electron chi connectivity index (χ1n) is 4.09. The summed E-state index contributed by atoms with van der Waals surface area (Å²) in [5, 5.41) is 9.49. The second kappa shape index (κ2) is 2.53. The third-order valence-electron chi connectivity index (χ3n) is 2.15. The molecule has 0 radical (unpaired) electrons. The second-order valence-corrected chi connectivity index (χ2v) is 2.96. The second-order valence-electron chi connectivity index (χ2n) is 2.96. The predicted molar refractivity (Wildman–Crippen MR) is 45.3 cm³/mol. The topological polar surface area (TPSA) is 101 Å². The van der Waals surface area contributed by atoms with E-state index in [2.05, 4.69) is 25.4 Å². The Balaban J connectivity index is 2.36. The third kappa shape index (κ3) is 0.885. The highest BCUT2D eigenvalue weighted by atomic mass is 16.1. The third-order valence-corrected chi connectivity index (χ3v) is 2.15. The van der Waals surface area contributed by atoms with Gasteiger partial charge in [0.15, 0.2) is 11.4 Å². The highest BCUT2D eigenvalue weighted by molar-refractivity contribution is 6.25. The normalized spacial score (nSPS) is 13.6. The molecule has 7 nitrogen and oxygen atoms in total. The Morgan fingerprint density at radius 2 is 1.73 bits per heavy atom. The van der Waals surface area contributed by atoms with E-state index < -0.39 is 5.78 Å². The van der Waals surface area contributed by atoms with E-state index in [1.54, 1.807) is 0 Å². The predicted octanol–water partition coefficient (Wildman–Crippen LogP) is -0.630. The molecule has 0 saturated carbocycles. The molecule has 0 aromatic carbocycles. The van der Waals surface area contributed by atoms with E-state index >= 15 is 0 Å². The van der Waals surface area contributed by atoms with Crippen molar-refractivity contribution in [3.63, 3.8) is 0 Å². The van der Waals surface area contributed by atoms with Crippen LogP contribution in [0.4, 0.5) is 0 Å². The number of aromatic nitrogens is 5. The van der Waals surface area contributed by atoms with Gasteiger partial charge in [-0.05, 0) is 0 Å². The van der Waals surface area contributed by atoms with E-state index in [0.29, 0.717) is 0 Å². The molecular weight excluding hydrogens is 198 g/mol. The van der Waals surface area contributed by atoms with Gasteiger partial charge in [0, 0.05) is 6.20 Å².